The summed E-state index contributed by atoms with van der Waals surface area (Å²) in [5.74, 6) is -0.210. The standard InChI is InChI=1S/C12H17N3O3S/c1-9-7-10(2)15(14-9)5-3-12(16)13-11-4-6-19(17,18)8-11/h4,6-7,11H,3,5,8H2,1-2H3,(H,13,16)/t11-/m1/s1. The lowest BCUT2D eigenvalue weighted by atomic mass is 10.3. The van der Waals surface area contributed by atoms with E-state index in [9.17, 15) is 13.2 Å². The van der Waals surface area contributed by atoms with Crippen LogP contribution in [0.2, 0.25) is 0 Å². The monoisotopic (exact) mass is 283 g/mol. The van der Waals surface area contributed by atoms with Crippen LogP contribution in [0.4, 0.5) is 0 Å². The minimum atomic E-state index is -3.12. The van der Waals surface area contributed by atoms with Crippen molar-refractivity contribution in [2.75, 3.05) is 5.75 Å². The van der Waals surface area contributed by atoms with Gasteiger partial charge in [-0.25, -0.2) is 8.42 Å². The molecule has 1 atom stereocenters. The third kappa shape index (κ3) is 3.66. The summed E-state index contributed by atoms with van der Waals surface area (Å²) in [7, 11) is -3.12. The Balaban J connectivity index is 1.83. The first kappa shape index (κ1) is 13.8. The van der Waals surface area contributed by atoms with Crippen molar-refractivity contribution >= 4 is 15.7 Å². The Morgan fingerprint density at radius 2 is 2.26 bits per heavy atom. The molecular formula is C12H17N3O3S. The average molecular weight is 283 g/mol. The Morgan fingerprint density at radius 3 is 2.79 bits per heavy atom. The SMILES string of the molecule is Cc1cc(C)n(CCC(=O)N[C@@H]2C=CS(=O)(=O)C2)n1. The zero-order chi connectivity index (χ0) is 14.0. The lowest BCUT2D eigenvalue weighted by Crippen LogP contribution is -2.35. The van der Waals surface area contributed by atoms with Gasteiger partial charge < -0.3 is 5.32 Å². The number of hydrogen-bond donors (Lipinski definition) is 1. The minimum absolute atomic E-state index is 0.0430. The van der Waals surface area contributed by atoms with Crippen molar-refractivity contribution < 1.29 is 13.2 Å². The fourth-order valence-electron chi connectivity index (χ4n) is 2.05. The first-order valence-electron chi connectivity index (χ1n) is 6.07. The molecule has 7 heteroatoms. The predicted octanol–water partition coefficient (Wildman–Crippen LogP) is 0.317. The molecule has 0 saturated carbocycles. The number of carbonyl (C=O) groups is 1. The van der Waals surface area contributed by atoms with E-state index in [-0.39, 0.29) is 18.1 Å². The van der Waals surface area contributed by atoms with Crippen molar-refractivity contribution in [1.29, 1.82) is 0 Å². The predicted molar refractivity (Wildman–Crippen MR) is 71.2 cm³/mol. The highest BCUT2D eigenvalue weighted by molar-refractivity contribution is 7.94. The highest BCUT2D eigenvalue weighted by Gasteiger charge is 2.22. The van der Waals surface area contributed by atoms with E-state index < -0.39 is 15.9 Å². The van der Waals surface area contributed by atoms with Crippen molar-refractivity contribution in [3.05, 3.63) is 28.9 Å². The molecule has 0 bridgehead atoms. The topological polar surface area (TPSA) is 81.1 Å². The fraction of sp³-hybridized carbons (Fsp3) is 0.500. The zero-order valence-electron chi connectivity index (χ0n) is 11.0. The molecule has 19 heavy (non-hydrogen) atoms. The lowest BCUT2D eigenvalue weighted by Gasteiger charge is -2.10. The Morgan fingerprint density at radius 1 is 1.53 bits per heavy atom. The second-order valence-corrected chi connectivity index (χ2v) is 6.66. The molecule has 6 nitrogen and oxygen atoms in total. The quantitative estimate of drug-likeness (QED) is 0.862. The van der Waals surface area contributed by atoms with Gasteiger partial charge in [-0.3, -0.25) is 9.48 Å². The molecule has 0 radical (unpaired) electrons. The van der Waals surface area contributed by atoms with E-state index in [1.165, 1.54) is 6.08 Å². The summed E-state index contributed by atoms with van der Waals surface area (Å²) in [6.45, 7) is 4.33. The Labute approximate surface area is 112 Å². The number of aromatic nitrogens is 2. The third-order valence-electron chi connectivity index (χ3n) is 2.93. The van der Waals surface area contributed by atoms with Crippen LogP contribution < -0.4 is 5.32 Å². The van der Waals surface area contributed by atoms with E-state index in [0.29, 0.717) is 6.54 Å². The number of nitrogens with one attached hydrogen (secondary N) is 1. The molecule has 0 fully saturated rings. The Bertz CT molecular complexity index is 616. The summed E-state index contributed by atoms with van der Waals surface area (Å²) < 4.78 is 24.2. The first-order chi connectivity index (χ1) is 8.85. The van der Waals surface area contributed by atoms with Crippen LogP contribution in [-0.4, -0.2) is 35.9 Å². The van der Waals surface area contributed by atoms with Crippen LogP contribution in [-0.2, 0) is 21.2 Å². The van der Waals surface area contributed by atoms with Crippen molar-refractivity contribution in [1.82, 2.24) is 15.1 Å². The maximum Gasteiger partial charge on any atom is 0.222 e. The molecule has 2 rings (SSSR count). The van der Waals surface area contributed by atoms with Crippen LogP contribution >= 0.6 is 0 Å². The van der Waals surface area contributed by atoms with E-state index in [2.05, 4.69) is 10.4 Å². The van der Waals surface area contributed by atoms with Gasteiger partial charge in [0.05, 0.1) is 17.5 Å². The molecular weight excluding hydrogens is 266 g/mol. The van der Waals surface area contributed by atoms with Gasteiger partial charge in [0.15, 0.2) is 9.84 Å². The number of rotatable bonds is 4. The number of hydrogen-bond acceptors (Lipinski definition) is 4. The van der Waals surface area contributed by atoms with Crippen molar-refractivity contribution in [2.24, 2.45) is 0 Å². The second-order valence-electron chi connectivity index (χ2n) is 4.73. The Kier molecular flexibility index (Phi) is 3.75. The van der Waals surface area contributed by atoms with E-state index in [0.717, 1.165) is 16.8 Å². The van der Waals surface area contributed by atoms with Crippen molar-refractivity contribution in [2.45, 2.75) is 32.9 Å². The Hall–Kier alpha value is -1.63. The van der Waals surface area contributed by atoms with Crippen LogP contribution in [0.15, 0.2) is 17.6 Å². The van der Waals surface area contributed by atoms with Gasteiger partial charge in [-0.1, -0.05) is 0 Å². The summed E-state index contributed by atoms with van der Waals surface area (Å²) in [6.07, 6.45) is 1.79. The van der Waals surface area contributed by atoms with Crippen LogP contribution in [0.25, 0.3) is 0 Å². The molecule has 0 spiro atoms. The summed E-state index contributed by atoms with van der Waals surface area (Å²) >= 11 is 0. The molecule has 1 aliphatic heterocycles. The van der Waals surface area contributed by atoms with Crippen LogP contribution in [0.5, 0.6) is 0 Å². The minimum Gasteiger partial charge on any atom is -0.349 e. The number of nitrogens with zero attached hydrogens (tertiary/aromatic N) is 2. The lowest BCUT2D eigenvalue weighted by molar-refractivity contribution is -0.121. The van der Waals surface area contributed by atoms with E-state index >= 15 is 0 Å². The molecule has 1 amide bonds. The van der Waals surface area contributed by atoms with Crippen molar-refractivity contribution in [3.8, 4) is 0 Å². The number of sulfone groups is 1. The van der Waals surface area contributed by atoms with Gasteiger partial charge in [0, 0.05) is 24.1 Å². The van der Waals surface area contributed by atoms with Crippen LogP contribution in [0.3, 0.4) is 0 Å². The summed E-state index contributed by atoms with van der Waals surface area (Å²) in [4.78, 5) is 11.7. The fourth-order valence-corrected chi connectivity index (χ4v) is 3.29. The molecule has 1 aliphatic rings. The first-order valence-corrected chi connectivity index (χ1v) is 7.79. The molecule has 104 valence electrons. The van der Waals surface area contributed by atoms with E-state index in [4.69, 9.17) is 0 Å². The normalized spacial score (nSPS) is 20.6. The molecule has 1 aromatic heterocycles. The molecule has 0 unspecified atom stereocenters. The highest BCUT2D eigenvalue weighted by Crippen LogP contribution is 2.08. The molecule has 2 heterocycles. The van der Waals surface area contributed by atoms with Crippen molar-refractivity contribution in [3.63, 3.8) is 0 Å². The number of amides is 1. The largest absolute Gasteiger partial charge is 0.349 e. The zero-order valence-corrected chi connectivity index (χ0v) is 11.8. The van der Waals surface area contributed by atoms with Crippen LogP contribution in [0, 0.1) is 13.8 Å². The third-order valence-corrected chi connectivity index (χ3v) is 4.33. The molecule has 1 N–H and O–H groups in total. The van der Waals surface area contributed by atoms with E-state index in [1.54, 1.807) is 4.68 Å². The van der Waals surface area contributed by atoms with Gasteiger partial charge in [-0.15, -0.1) is 0 Å². The molecule has 0 aromatic carbocycles. The van der Waals surface area contributed by atoms with Gasteiger partial charge in [-0.2, -0.15) is 5.10 Å². The molecule has 0 aliphatic carbocycles. The average Bonchev–Trinajstić information content (AvgIpc) is 2.78. The summed E-state index contributed by atoms with van der Waals surface area (Å²) in [5, 5.41) is 8.10. The maximum absolute atomic E-state index is 11.7. The smallest absolute Gasteiger partial charge is 0.222 e. The highest BCUT2D eigenvalue weighted by atomic mass is 32.2. The molecule has 1 aromatic rings. The molecule has 0 saturated heterocycles. The van der Waals surface area contributed by atoms with Gasteiger partial charge in [0.25, 0.3) is 0 Å². The maximum atomic E-state index is 11.7. The van der Waals surface area contributed by atoms with Gasteiger partial charge in [0.2, 0.25) is 5.91 Å². The van der Waals surface area contributed by atoms with Crippen LogP contribution in [0.1, 0.15) is 17.8 Å². The summed E-state index contributed by atoms with van der Waals surface area (Å²) in [6, 6.07) is 1.54. The van der Waals surface area contributed by atoms with E-state index in [1.807, 2.05) is 19.9 Å². The van der Waals surface area contributed by atoms with Gasteiger partial charge in [-0.05, 0) is 26.0 Å². The second kappa shape index (κ2) is 5.16. The van der Waals surface area contributed by atoms with Gasteiger partial charge >= 0.3 is 0 Å². The van der Waals surface area contributed by atoms with Gasteiger partial charge in [0.1, 0.15) is 0 Å². The number of aryl methyl sites for hydroxylation is 3. The number of carbonyl (C=O) groups excluding carboxylic acids is 1. The summed E-state index contributed by atoms with van der Waals surface area (Å²) in [5.41, 5.74) is 1.93.